The summed E-state index contributed by atoms with van der Waals surface area (Å²) in [6.45, 7) is 5.20. The molecule has 5 atom stereocenters. The molecular formula is C31H37N3O8. The van der Waals surface area contributed by atoms with E-state index in [1.165, 1.54) is 0 Å². The van der Waals surface area contributed by atoms with Crippen molar-refractivity contribution in [1.29, 1.82) is 0 Å². The molecule has 0 bridgehead atoms. The maximum atomic E-state index is 13.7. The molecule has 0 unspecified atom stereocenters. The Labute approximate surface area is 243 Å². The third-order valence-electron chi connectivity index (χ3n) is 7.97. The number of amides is 1. The number of nitrogens with zero attached hydrogens (tertiary/aromatic N) is 1. The van der Waals surface area contributed by atoms with E-state index in [1.807, 2.05) is 31.2 Å². The number of aliphatic carboxylic acids is 2. The Bertz CT molecular complexity index is 1450. The van der Waals surface area contributed by atoms with Crippen LogP contribution in [0.1, 0.15) is 57.2 Å². The number of carbonyl (C=O) groups is 4. The molecule has 3 aromatic rings. The lowest BCUT2D eigenvalue weighted by Crippen LogP contribution is -2.52. The van der Waals surface area contributed by atoms with Gasteiger partial charge in [-0.05, 0) is 48.7 Å². The van der Waals surface area contributed by atoms with Crippen molar-refractivity contribution in [3.8, 4) is 5.75 Å². The maximum absolute atomic E-state index is 13.7. The van der Waals surface area contributed by atoms with Gasteiger partial charge in [0.25, 0.3) is 0 Å². The summed E-state index contributed by atoms with van der Waals surface area (Å²) in [6, 6.07) is 11.6. The molecule has 0 aliphatic carbocycles. The molecule has 42 heavy (non-hydrogen) atoms. The van der Waals surface area contributed by atoms with E-state index >= 15 is 0 Å². The number of benzene rings is 2. The summed E-state index contributed by atoms with van der Waals surface area (Å²) >= 11 is 0. The summed E-state index contributed by atoms with van der Waals surface area (Å²) in [7, 11) is 1.54. The summed E-state index contributed by atoms with van der Waals surface area (Å²) < 4.78 is 11.1. The third kappa shape index (κ3) is 6.47. The molecule has 11 nitrogen and oxygen atoms in total. The number of nitrogens with one attached hydrogen (secondary N) is 2. The van der Waals surface area contributed by atoms with Gasteiger partial charge in [-0.3, -0.25) is 24.6 Å². The van der Waals surface area contributed by atoms with Crippen LogP contribution >= 0.6 is 0 Å². The minimum absolute atomic E-state index is 0.00804. The molecule has 1 aliphatic heterocycles. The molecule has 4 N–H and O–H groups in total. The first-order chi connectivity index (χ1) is 20.0. The molecule has 1 saturated heterocycles. The van der Waals surface area contributed by atoms with E-state index in [2.05, 4.69) is 10.3 Å². The molecule has 11 heteroatoms. The first-order valence-electron chi connectivity index (χ1n) is 14.0. The molecule has 0 spiro atoms. The van der Waals surface area contributed by atoms with Crippen LogP contribution in [0.25, 0.3) is 10.9 Å². The van der Waals surface area contributed by atoms with Crippen molar-refractivity contribution in [3.05, 3.63) is 59.8 Å². The van der Waals surface area contributed by atoms with E-state index in [-0.39, 0.29) is 30.2 Å². The molecule has 1 amide bonds. The van der Waals surface area contributed by atoms with Crippen LogP contribution in [0.3, 0.4) is 0 Å². The zero-order valence-electron chi connectivity index (χ0n) is 24.1. The number of H-pyrrole nitrogens is 1. The molecule has 0 saturated carbocycles. The van der Waals surface area contributed by atoms with Gasteiger partial charge < -0.3 is 24.7 Å². The number of aromatic amines is 1. The van der Waals surface area contributed by atoms with E-state index in [4.69, 9.17) is 9.47 Å². The van der Waals surface area contributed by atoms with Crippen molar-refractivity contribution >= 4 is 40.4 Å². The highest BCUT2D eigenvalue weighted by Crippen LogP contribution is 2.31. The highest BCUT2D eigenvalue weighted by atomic mass is 16.5. The SMILES string of the molecule is CC[C@H](C)[C@H](N[C@H](Cc1c([C@H](C)C(=O)O)[nH]c2ccccc12)C(=O)Oc1ccc(N2C(=O)CC[C@@H]2OC)cc1)C(=O)O. The summed E-state index contributed by atoms with van der Waals surface area (Å²) in [5, 5.41) is 23.5. The lowest BCUT2D eigenvalue weighted by molar-refractivity contribution is -0.143. The predicted octanol–water partition coefficient (Wildman–Crippen LogP) is 4.06. The van der Waals surface area contributed by atoms with Crippen molar-refractivity contribution in [2.45, 2.75) is 70.7 Å². The molecule has 1 aromatic heterocycles. The minimum Gasteiger partial charge on any atom is -0.481 e. The zero-order chi connectivity index (χ0) is 30.6. The molecule has 2 heterocycles. The number of para-hydroxylation sites is 1. The molecule has 224 valence electrons. The van der Waals surface area contributed by atoms with Crippen molar-refractivity contribution in [2.75, 3.05) is 12.0 Å². The van der Waals surface area contributed by atoms with Crippen LogP contribution < -0.4 is 15.0 Å². The number of esters is 1. The second-order valence-corrected chi connectivity index (χ2v) is 10.7. The molecule has 0 radical (unpaired) electrons. The van der Waals surface area contributed by atoms with Crippen molar-refractivity contribution in [2.24, 2.45) is 5.92 Å². The monoisotopic (exact) mass is 579 g/mol. The Morgan fingerprint density at radius 3 is 2.38 bits per heavy atom. The summed E-state index contributed by atoms with van der Waals surface area (Å²) in [4.78, 5) is 54.9. The Morgan fingerprint density at radius 2 is 1.76 bits per heavy atom. The van der Waals surface area contributed by atoms with Gasteiger partial charge in [0.1, 0.15) is 24.1 Å². The number of methoxy groups -OCH3 is 1. The van der Waals surface area contributed by atoms with E-state index < -0.39 is 35.9 Å². The average Bonchev–Trinajstić information content (AvgIpc) is 3.54. The topological polar surface area (TPSA) is 158 Å². The van der Waals surface area contributed by atoms with Crippen LogP contribution in [0.2, 0.25) is 0 Å². The van der Waals surface area contributed by atoms with Gasteiger partial charge in [-0.15, -0.1) is 0 Å². The van der Waals surface area contributed by atoms with Gasteiger partial charge >= 0.3 is 17.9 Å². The van der Waals surface area contributed by atoms with E-state index in [1.54, 1.807) is 50.1 Å². The number of anilines is 1. The number of carbonyl (C=O) groups excluding carboxylic acids is 2. The van der Waals surface area contributed by atoms with Crippen LogP contribution in [-0.2, 0) is 30.3 Å². The molecule has 1 aliphatic rings. The average molecular weight is 580 g/mol. The lowest BCUT2D eigenvalue weighted by atomic mass is 9.94. The molecular weight excluding hydrogens is 542 g/mol. The van der Waals surface area contributed by atoms with Crippen LogP contribution in [0.4, 0.5) is 5.69 Å². The molecule has 1 fully saturated rings. The number of ether oxygens (including phenoxy) is 2. The van der Waals surface area contributed by atoms with E-state index in [0.717, 1.165) is 5.39 Å². The zero-order valence-corrected chi connectivity index (χ0v) is 24.1. The van der Waals surface area contributed by atoms with Crippen LogP contribution in [0.5, 0.6) is 5.75 Å². The number of hydrogen-bond donors (Lipinski definition) is 4. The summed E-state index contributed by atoms with van der Waals surface area (Å²) in [5.41, 5.74) is 2.34. The standard InChI is InChI=1S/C31H37N3O8/c1-5-17(2)27(30(38)39)33-24(16-22-21-8-6-7-9-23(21)32-28(22)18(3)29(36)37)31(40)42-20-12-10-19(11-13-20)34-25(35)14-15-26(34)41-4/h6-13,17-18,24,26-27,32-33H,5,14-16H2,1-4H3,(H,36,37)(H,38,39)/t17-,18-,24+,26-,27-/m0/s1. The molecule has 2 aromatic carbocycles. The highest BCUT2D eigenvalue weighted by molar-refractivity contribution is 5.96. The van der Waals surface area contributed by atoms with E-state index in [0.29, 0.717) is 41.7 Å². The van der Waals surface area contributed by atoms with Crippen molar-refractivity contribution < 1.29 is 38.9 Å². The number of carboxylic acids is 2. The second kappa shape index (κ2) is 13.2. The van der Waals surface area contributed by atoms with E-state index in [9.17, 15) is 29.4 Å². The fourth-order valence-corrected chi connectivity index (χ4v) is 5.33. The fourth-order valence-electron chi connectivity index (χ4n) is 5.33. The van der Waals surface area contributed by atoms with Crippen LogP contribution in [0.15, 0.2) is 48.5 Å². The quantitative estimate of drug-likeness (QED) is 0.173. The highest BCUT2D eigenvalue weighted by Gasteiger charge is 2.34. The van der Waals surface area contributed by atoms with Crippen LogP contribution in [0, 0.1) is 5.92 Å². The number of carboxylic acid groups (broad SMARTS) is 2. The molecule has 4 rings (SSSR count). The third-order valence-corrected chi connectivity index (χ3v) is 7.97. The van der Waals surface area contributed by atoms with Gasteiger partial charge in [-0.2, -0.15) is 0 Å². The van der Waals surface area contributed by atoms with Gasteiger partial charge in [0.2, 0.25) is 5.91 Å². The smallest absolute Gasteiger partial charge is 0.328 e. The Balaban J connectivity index is 1.66. The summed E-state index contributed by atoms with van der Waals surface area (Å²) in [5.74, 6) is -3.91. The van der Waals surface area contributed by atoms with Crippen molar-refractivity contribution in [3.63, 3.8) is 0 Å². The maximum Gasteiger partial charge on any atom is 0.328 e. The number of fused-ring (bicyclic) bond motifs is 1. The Kier molecular flexibility index (Phi) is 9.64. The minimum atomic E-state index is -1.11. The number of aromatic nitrogens is 1. The Morgan fingerprint density at radius 1 is 1.07 bits per heavy atom. The lowest BCUT2D eigenvalue weighted by Gasteiger charge is -2.26. The number of rotatable bonds is 13. The van der Waals surface area contributed by atoms with Gasteiger partial charge in [-0.1, -0.05) is 38.5 Å². The number of hydrogen-bond acceptors (Lipinski definition) is 7. The van der Waals surface area contributed by atoms with Gasteiger partial charge in [-0.25, -0.2) is 4.79 Å². The largest absolute Gasteiger partial charge is 0.481 e. The van der Waals surface area contributed by atoms with Crippen LogP contribution in [-0.4, -0.2) is 64.4 Å². The van der Waals surface area contributed by atoms with Gasteiger partial charge in [0, 0.05) is 48.7 Å². The summed E-state index contributed by atoms with van der Waals surface area (Å²) in [6.07, 6.45) is 1.13. The first-order valence-corrected chi connectivity index (χ1v) is 14.0. The van der Waals surface area contributed by atoms with Gasteiger partial charge in [0.05, 0.1) is 5.92 Å². The normalized spacial score (nSPS) is 18.0. The van der Waals surface area contributed by atoms with Crippen molar-refractivity contribution in [1.82, 2.24) is 10.3 Å². The first kappa shape index (κ1) is 30.7. The fraction of sp³-hybridized carbons (Fsp3) is 0.419. The Hall–Kier alpha value is -4.22. The predicted molar refractivity (Wildman–Crippen MR) is 155 cm³/mol. The second-order valence-electron chi connectivity index (χ2n) is 10.7. The van der Waals surface area contributed by atoms with Gasteiger partial charge in [0.15, 0.2) is 0 Å².